The van der Waals surface area contributed by atoms with Gasteiger partial charge in [-0.3, -0.25) is 4.79 Å². The number of likely N-dealkylation sites (tertiary alicyclic amines) is 1. The monoisotopic (exact) mass is 565 g/mol. The highest BCUT2D eigenvalue weighted by molar-refractivity contribution is 5.86. The van der Waals surface area contributed by atoms with Crippen molar-refractivity contribution in [1.29, 1.82) is 0 Å². The number of likely N-dealkylation sites (N-methyl/N-ethyl adjacent to an activating group) is 1. The summed E-state index contributed by atoms with van der Waals surface area (Å²) in [5.74, 6) is 0.223. The number of hydrogen-bond acceptors (Lipinski definition) is 2. The van der Waals surface area contributed by atoms with Crippen molar-refractivity contribution in [1.82, 2.24) is 4.90 Å². The topological polar surface area (TPSA) is 29.5 Å². The zero-order chi connectivity index (χ0) is 29.5. The van der Waals surface area contributed by atoms with Gasteiger partial charge in [-0.15, -0.1) is 0 Å². The standard InChI is InChI=1S/C40H39NO2/c1-2-41-37(30-39(38(41)42,28-32-18-8-3-9-19-32)29-33-20-10-4-11-21-33)31-43-40(34-22-12-5-13-23-34,35-24-14-6-15-25-35)36-26-16-7-17-27-36/h3-27,37H,2,28-31H2,1H3. The lowest BCUT2D eigenvalue weighted by Crippen LogP contribution is -2.42. The van der Waals surface area contributed by atoms with Crippen LogP contribution in [0.3, 0.4) is 0 Å². The van der Waals surface area contributed by atoms with Crippen LogP contribution in [-0.4, -0.2) is 30.0 Å². The second-order valence-corrected chi connectivity index (χ2v) is 11.6. The molecular formula is C40H39NO2. The van der Waals surface area contributed by atoms with Crippen molar-refractivity contribution in [3.63, 3.8) is 0 Å². The van der Waals surface area contributed by atoms with Crippen LogP contribution in [0.1, 0.15) is 41.2 Å². The quantitative estimate of drug-likeness (QED) is 0.152. The maximum atomic E-state index is 14.5. The lowest BCUT2D eigenvalue weighted by Gasteiger charge is -2.37. The lowest BCUT2D eigenvalue weighted by atomic mass is 9.74. The van der Waals surface area contributed by atoms with Gasteiger partial charge in [0.2, 0.25) is 5.91 Å². The van der Waals surface area contributed by atoms with E-state index in [1.807, 2.05) is 30.3 Å². The molecule has 5 aromatic carbocycles. The van der Waals surface area contributed by atoms with Gasteiger partial charge in [0.25, 0.3) is 0 Å². The number of carbonyl (C=O) groups is 1. The van der Waals surface area contributed by atoms with Gasteiger partial charge in [0, 0.05) is 6.54 Å². The molecule has 0 saturated carbocycles. The van der Waals surface area contributed by atoms with Gasteiger partial charge in [-0.2, -0.15) is 0 Å². The summed E-state index contributed by atoms with van der Waals surface area (Å²) < 4.78 is 7.25. The molecule has 0 aromatic heterocycles. The van der Waals surface area contributed by atoms with Gasteiger partial charge in [-0.05, 0) is 54.0 Å². The fraction of sp³-hybridized carbons (Fsp3) is 0.225. The Morgan fingerprint density at radius 3 is 1.37 bits per heavy atom. The van der Waals surface area contributed by atoms with Crippen molar-refractivity contribution in [2.24, 2.45) is 5.41 Å². The minimum Gasteiger partial charge on any atom is -0.359 e. The molecule has 6 rings (SSSR count). The number of ether oxygens (including phenoxy) is 1. The molecule has 0 bridgehead atoms. The van der Waals surface area contributed by atoms with Crippen LogP contribution in [0, 0.1) is 5.41 Å². The van der Waals surface area contributed by atoms with Crippen LogP contribution in [0.15, 0.2) is 152 Å². The van der Waals surface area contributed by atoms with Crippen molar-refractivity contribution in [2.75, 3.05) is 13.2 Å². The smallest absolute Gasteiger partial charge is 0.229 e. The van der Waals surface area contributed by atoms with Gasteiger partial charge in [-0.25, -0.2) is 0 Å². The molecular weight excluding hydrogens is 526 g/mol. The molecule has 1 aliphatic heterocycles. The summed E-state index contributed by atoms with van der Waals surface area (Å²) in [6, 6.07) is 52.3. The molecule has 216 valence electrons. The van der Waals surface area contributed by atoms with E-state index in [-0.39, 0.29) is 11.9 Å². The summed E-state index contributed by atoms with van der Waals surface area (Å²) in [4.78, 5) is 16.5. The SMILES string of the molecule is CCN1C(=O)C(Cc2ccccc2)(Cc2ccccc2)CC1COC(c1ccccc1)(c1ccccc1)c1ccccc1. The Balaban J connectivity index is 1.40. The van der Waals surface area contributed by atoms with Gasteiger partial charge in [0.1, 0.15) is 5.60 Å². The maximum Gasteiger partial charge on any atom is 0.229 e. The summed E-state index contributed by atoms with van der Waals surface area (Å²) in [6.07, 6.45) is 2.14. The summed E-state index contributed by atoms with van der Waals surface area (Å²) >= 11 is 0. The van der Waals surface area contributed by atoms with Gasteiger partial charge < -0.3 is 9.64 Å². The predicted octanol–water partition coefficient (Wildman–Crippen LogP) is 8.09. The molecule has 1 atom stereocenters. The third-order valence-corrected chi connectivity index (χ3v) is 8.93. The highest BCUT2D eigenvalue weighted by Crippen LogP contribution is 2.45. The number of amides is 1. The fourth-order valence-corrected chi connectivity index (χ4v) is 6.99. The summed E-state index contributed by atoms with van der Waals surface area (Å²) in [7, 11) is 0. The van der Waals surface area contributed by atoms with Gasteiger partial charge in [-0.1, -0.05) is 152 Å². The maximum absolute atomic E-state index is 14.5. The molecule has 0 N–H and O–H groups in total. The number of benzene rings is 5. The molecule has 1 amide bonds. The average Bonchev–Trinajstić information content (AvgIpc) is 3.33. The van der Waals surface area contributed by atoms with Crippen LogP contribution in [0.25, 0.3) is 0 Å². The largest absolute Gasteiger partial charge is 0.359 e. The first-order valence-electron chi connectivity index (χ1n) is 15.3. The molecule has 3 nitrogen and oxygen atoms in total. The highest BCUT2D eigenvalue weighted by atomic mass is 16.5. The van der Waals surface area contributed by atoms with E-state index >= 15 is 0 Å². The first kappa shape index (κ1) is 28.6. The van der Waals surface area contributed by atoms with Crippen LogP contribution in [0.4, 0.5) is 0 Å². The van der Waals surface area contributed by atoms with Crippen LogP contribution in [0.2, 0.25) is 0 Å². The van der Waals surface area contributed by atoms with E-state index in [1.165, 1.54) is 11.1 Å². The summed E-state index contributed by atoms with van der Waals surface area (Å²) in [5.41, 5.74) is 4.23. The van der Waals surface area contributed by atoms with E-state index in [1.54, 1.807) is 0 Å². The minimum atomic E-state index is -0.823. The van der Waals surface area contributed by atoms with E-state index in [0.29, 0.717) is 26.0 Å². The zero-order valence-corrected chi connectivity index (χ0v) is 24.8. The molecule has 43 heavy (non-hydrogen) atoms. The van der Waals surface area contributed by atoms with E-state index < -0.39 is 11.0 Å². The Morgan fingerprint density at radius 2 is 1.00 bits per heavy atom. The molecule has 1 heterocycles. The second-order valence-electron chi connectivity index (χ2n) is 11.6. The van der Waals surface area contributed by atoms with Gasteiger partial charge >= 0.3 is 0 Å². The molecule has 1 fully saturated rings. The fourth-order valence-electron chi connectivity index (χ4n) is 6.99. The van der Waals surface area contributed by atoms with Crippen molar-refractivity contribution in [2.45, 2.75) is 37.8 Å². The van der Waals surface area contributed by atoms with Crippen molar-refractivity contribution < 1.29 is 9.53 Å². The van der Waals surface area contributed by atoms with Crippen LogP contribution in [0.5, 0.6) is 0 Å². The predicted molar refractivity (Wildman–Crippen MR) is 174 cm³/mol. The Kier molecular flexibility index (Phi) is 8.53. The van der Waals surface area contributed by atoms with Crippen LogP contribution < -0.4 is 0 Å². The number of rotatable bonds is 11. The second kappa shape index (κ2) is 12.8. The average molecular weight is 566 g/mol. The van der Waals surface area contributed by atoms with Gasteiger partial charge in [0.15, 0.2) is 0 Å². The Morgan fingerprint density at radius 1 is 0.628 bits per heavy atom. The zero-order valence-electron chi connectivity index (χ0n) is 24.8. The molecule has 1 unspecified atom stereocenters. The van der Waals surface area contributed by atoms with E-state index in [2.05, 4.69) is 133 Å². The van der Waals surface area contributed by atoms with Crippen LogP contribution >= 0.6 is 0 Å². The number of nitrogens with zero attached hydrogens (tertiary/aromatic N) is 1. The summed E-state index contributed by atoms with van der Waals surface area (Å²) in [5, 5.41) is 0. The Hall–Kier alpha value is -4.47. The molecule has 3 heteroatoms. The molecule has 0 spiro atoms. The van der Waals surface area contributed by atoms with E-state index in [0.717, 1.165) is 23.1 Å². The normalized spacial score (nSPS) is 16.3. The van der Waals surface area contributed by atoms with Crippen LogP contribution in [-0.2, 0) is 28.0 Å². The lowest BCUT2D eigenvalue weighted by molar-refractivity contribution is -0.137. The molecule has 0 radical (unpaired) electrons. The van der Waals surface area contributed by atoms with Gasteiger partial charge in [0.05, 0.1) is 18.1 Å². The van der Waals surface area contributed by atoms with Crippen molar-refractivity contribution in [3.05, 3.63) is 179 Å². The van der Waals surface area contributed by atoms with E-state index in [4.69, 9.17) is 4.74 Å². The van der Waals surface area contributed by atoms with Crippen molar-refractivity contribution in [3.8, 4) is 0 Å². The molecule has 1 aliphatic rings. The third-order valence-electron chi connectivity index (χ3n) is 8.93. The first-order chi connectivity index (χ1) is 21.1. The Labute approximate surface area is 255 Å². The Bertz CT molecular complexity index is 1450. The highest BCUT2D eigenvalue weighted by Gasteiger charge is 2.51. The number of hydrogen-bond donors (Lipinski definition) is 0. The summed E-state index contributed by atoms with van der Waals surface area (Å²) in [6.45, 7) is 3.15. The molecule has 5 aromatic rings. The minimum absolute atomic E-state index is 0.0552. The first-order valence-corrected chi connectivity index (χ1v) is 15.3. The number of carbonyl (C=O) groups excluding carboxylic acids is 1. The third kappa shape index (κ3) is 5.78. The molecule has 0 aliphatic carbocycles. The van der Waals surface area contributed by atoms with E-state index in [9.17, 15) is 4.79 Å². The van der Waals surface area contributed by atoms with Crippen molar-refractivity contribution >= 4 is 5.91 Å². The molecule has 1 saturated heterocycles.